The number of likely N-dealkylation sites (tertiary alicyclic amines) is 1. The van der Waals surface area contributed by atoms with Crippen LogP contribution in [0.2, 0.25) is 0 Å². The third-order valence-corrected chi connectivity index (χ3v) is 7.78. The Morgan fingerprint density at radius 1 is 1.19 bits per heavy atom. The van der Waals surface area contributed by atoms with Gasteiger partial charge in [-0.15, -0.1) is 11.3 Å². The molecule has 7 nitrogen and oxygen atoms in total. The number of hydrogen-bond acceptors (Lipinski definition) is 6. The summed E-state index contributed by atoms with van der Waals surface area (Å²) in [6.07, 6.45) is 1.86. The highest BCUT2D eigenvalue weighted by Gasteiger charge is 2.59. The lowest BCUT2D eigenvalue weighted by atomic mass is 9.84. The summed E-state index contributed by atoms with van der Waals surface area (Å²) in [5.74, 6) is -1.43. The van der Waals surface area contributed by atoms with Gasteiger partial charge in [-0.25, -0.2) is 9.78 Å². The van der Waals surface area contributed by atoms with Crippen LogP contribution in [-0.4, -0.2) is 51.2 Å². The van der Waals surface area contributed by atoms with Crippen LogP contribution >= 0.6 is 11.3 Å². The molecule has 4 rings (SSSR count). The maximum atomic E-state index is 14.3. The van der Waals surface area contributed by atoms with Crippen molar-refractivity contribution in [3.8, 4) is 5.75 Å². The fraction of sp³-hybridized carbons (Fsp3) is 0.393. The molecule has 2 heterocycles. The van der Waals surface area contributed by atoms with Crippen molar-refractivity contribution in [2.75, 3.05) is 13.7 Å². The van der Waals surface area contributed by atoms with E-state index in [-0.39, 0.29) is 24.9 Å². The largest absolute Gasteiger partial charge is 0.496 e. The SMILES string of the molecule is COc1cc(C(=O)N2[C@@H](c3nccs3)[C@H](CO)CC2(Cc2ccccc2)C(=O)O)ccc1C(C)(C)C. The lowest BCUT2D eigenvalue weighted by Gasteiger charge is -2.38. The topological polar surface area (TPSA) is 100.0 Å². The predicted octanol–water partition coefficient (Wildman–Crippen LogP) is 4.71. The van der Waals surface area contributed by atoms with Crippen molar-refractivity contribution in [1.29, 1.82) is 0 Å². The first-order chi connectivity index (χ1) is 17.1. The van der Waals surface area contributed by atoms with E-state index >= 15 is 0 Å². The molecule has 1 saturated heterocycles. The summed E-state index contributed by atoms with van der Waals surface area (Å²) in [6.45, 7) is 5.93. The fourth-order valence-corrected chi connectivity index (χ4v) is 6.06. The number of carbonyl (C=O) groups is 2. The average Bonchev–Trinajstić information content (AvgIpc) is 3.49. The van der Waals surface area contributed by atoms with Gasteiger partial charge in [-0.2, -0.15) is 0 Å². The molecular weight excluding hydrogens is 476 g/mol. The van der Waals surface area contributed by atoms with Gasteiger partial charge in [-0.3, -0.25) is 4.79 Å². The van der Waals surface area contributed by atoms with E-state index in [0.29, 0.717) is 16.3 Å². The number of thiazole rings is 1. The van der Waals surface area contributed by atoms with Crippen LogP contribution in [0, 0.1) is 5.92 Å². The van der Waals surface area contributed by atoms with E-state index in [4.69, 9.17) is 4.74 Å². The highest BCUT2D eigenvalue weighted by molar-refractivity contribution is 7.09. The molecule has 1 aromatic heterocycles. The second kappa shape index (κ2) is 10.0. The Morgan fingerprint density at radius 3 is 2.47 bits per heavy atom. The van der Waals surface area contributed by atoms with Gasteiger partial charge in [-0.1, -0.05) is 57.2 Å². The molecular formula is C28H32N2O5S. The third-order valence-electron chi connectivity index (χ3n) is 6.94. The number of benzene rings is 2. The van der Waals surface area contributed by atoms with Gasteiger partial charge in [0.2, 0.25) is 0 Å². The van der Waals surface area contributed by atoms with E-state index in [1.807, 2.05) is 36.4 Å². The third kappa shape index (κ3) is 4.63. The van der Waals surface area contributed by atoms with Crippen molar-refractivity contribution in [2.45, 2.75) is 50.6 Å². The zero-order valence-electron chi connectivity index (χ0n) is 21.0. The maximum Gasteiger partial charge on any atom is 0.330 e. The molecule has 0 aliphatic carbocycles. The molecule has 190 valence electrons. The smallest absolute Gasteiger partial charge is 0.330 e. The minimum atomic E-state index is -1.56. The van der Waals surface area contributed by atoms with Crippen LogP contribution in [0.1, 0.15) is 59.7 Å². The summed E-state index contributed by atoms with van der Waals surface area (Å²) in [7, 11) is 1.56. The number of aliphatic hydroxyl groups is 1. The number of hydrogen-bond donors (Lipinski definition) is 2. The zero-order valence-corrected chi connectivity index (χ0v) is 21.8. The molecule has 1 aliphatic rings. The van der Waals surface area contributed by atoms with Crippen molar-refractivity contribution >= 4 is 23.2 Å². The van der Waals surface area contributed by atoms with Crippen LogP contribution in [0.25, 0.3) is 0 Å². The molecule has 1 aliphatic heterocycles. The van der Waals surface area contributed by atoms with Crippen LogP contribution < -0.4 is 4.74 Å². The quantitative estimate of drug-likeness (QED) is 0.479. The van der Waals surface area contributed by atoms with Crippen LogP contribution in [0.4, 0.5) is 0 Å². The summed E-state index contributed by atoms with van der Waals surface area (Å²) in [5.41, 5.74) is 0.317. The van der Waals surface area contributed by atoms with Gasteiger partial charge in [0.15, 0.2) is 0 Å². The predicted molar refractivity (Wildman–Crippen MR) is 138 cm³/mol. The molecule has 2 aromatic carbocycles. The van der Waals surface area contributed by atoms with Crippen molar-refractivity contribution in [3.63, 3.8) is 0 Å². The van der Waals surface area contributed by atoms with Gasteiger partial charge in [0.05, 0.1) is 13.2 Å². The van der Waals surface area contributed by atoms with E-state index in [1.165, 1.54) is 16.2 Å². The zero-order chi connectivity index (χ0) is 26.1. The molecule has 1 amide bonds. The standard InChI is InChI=1S/C28H32N2O5S/c1-27(2,3)21-11-10-19(14-22(21)35-4)25(32)30-23(24-29-12-13-36-24)20(17-31)16-28(30,26(33)34)15-18-8-6-5-7-9-18/h5-14,20,23,31H,15-17H2,1-4H3,(H,33,34)/t20-,23+,28?/m0/s1. The van der Waals surface area contributed by atoms with Crippen molar-refractivity contribution in [1.82, 2.24) is 9.88 Å². The number of aliphatic carboxylic acids is 1. The van der Waals surface area contributed by atoms with Crippen molar-refractivity contribution in [3.05, 3.63) is 81.8 Å². The van der Waals surface area contributed by atoms with Crippen LogP contribution in [0.5, 0.6) is 5.75 Å². The molecule has 8 heteroatoms. The molecule has 3 aromatic rings. The van der Waals surface area contributed by atoms with Crippen molar-refractivity contribution < 1.29 is 24.5 Å². The van der Waals surface area contributed by atoms with Crippen LogP contribution in [0.3, 0.4) is 0 Å². The Kier molecular flexibility index (Phi) is 7.20. The minimum absolute atomic E-state index is 0.112. The summed E-state index contributed by atoms with van der Waals surface area (Å²) >= 11 is 1.35. The number of amides is 1. The fourth-order valence-electron chi connectivity index (χ4n) is 5.24. The summed E-state index contributed by atoms with van der Waals surface area (Å²) in [5, 5.41) is 23.4. The van der Waals surface area contributed by atoms with Gasteiger partial charge in [-0.05, 0) is 35.1 Å². The van der Waals surface area contributed by atoms with E-state index in [9.17, 15) is 19.8 Å². The Balaban J connectivity index is 1.88. The van der Waals surface area contributed by atoms with Crippen LogP contribution in [0.15, 0.2) is 60.1 Å². The normalized spacial score (nSPS) is 22.0. The number of aromatic nitrogens is 1. The highest BCUT2D eigenvalue weighted by atomic mass is 32.1. The molecule has 0 bridgehead atoms. The molecule has 2 N–H and O–H groups in total. The first kappa shape index (κ1) is 25.9. The maximum absolute atomic E-state index is 14.3. The molecule has 0 saturated carbocycles. The first-order valence-corrected chi connectivity index (χ1v) is 12.8. The lowest BCUT2D eigenvalue weighted by Crippen LogP contribution is -2.55. The van der Waals surface area contributed by atoms with Gasteiger partial charge >= 0.3 is 5.97 Å². The van der Waals surface area contributed by atoms with E-state index in [2.05, 4.69) is 25.8 Å². The van der Waals surface area contributed by atoms with E-state index < -0.39 is 29.4 Å². The molecule has 1 fully saturated rings. The summed E-state index contributed by atoms with van der Waals surface area (Å²) in [4.78, 5) is 33.2. The Hall–Kier alpha value is -3.23. The second-order valence-electron chi connectivity index (χ2n) is 10.3. The number of aliphatic hydroxyl groups excluding tert-OH is 1. The van der Waals surface area contributed by atoms with Crippen LogP contribution in [-0.2, 0) is 16.6 Å². The van der Waals surface area contributed by atoms with E-state index in [1.54, 1.807) is 30.8 Å². The number of nitrogens with zero attached hydrogens (tertiary/aromatic N) is 2. The highest BCUT2D eigenvalue weighted by Crippen LogP contribution is 2.50. The van der Waals surface area contributed by atoms with Gasteiger partial charge in [0.1, 0.15) is 16.3 Å². The molecule has 0 spiro atoms. The Morgan fingerprint density at radius 2 is 1.92 bits per heavy atom. The lowest BCUT2D eigenvalue weighted by molar-refractivity contribution is -0.149. The second-order valence-corrected chi connectivity index (χ2v) is 11.2. The molecule has 0 radical (unpaired) electrons. The number of methoxy groups -OCH3 is 1. The minimum Gasteiger partial charge on any atom is -0.496 e. The number of carboxylic acid groups (broad SMARTS) is 1. The number of carbonyl (C=O) groups excluding carboxylic acids is 1. The van der Waals surface area contributed by atoms with Gasteiger partial charge in [0, 0.05) is 36.1 Å². The van der Waals surface area contributed by atoms with Crippen molar-refractivity contribution in [2.24, 2.45) is 5.92 Å². The number of rotatable bonds is 7. The first-order valence-electron chi connectivity index (χ1n) is 11.9. The number of carboxylic acids is 1. The summed E-state index contributed by atoms with van der Waals surface area (Å²) < 4.78 is 5.62. The molecule has 3 atom stereocenters. The monoisotopic (exact) mass is 508 g/mol. The van der Waals surface area contributed by atoms with Gasteiger partial charge < -0.3 is 19.8 Å². The Bertz CT molecular complexity index is 1220. The molecule has 1 unspecified atom stereocenters. The number of ether oxygens (including phenoxy) is 1. The summed E-state index contributed by atoms with van der Waals surface area (Å²) in [6, 6.07) is 13.9. The van der Waals surface area contributed by atoms with Gasteiger partial charge in [0.25, 0.3) is 5.91 Å². The Labute approximate surface area is 215 Å². The average molecular weight is 509 g/mol. The molecule has 36 heavy (non-hydrogen) atoms. The van der Waals surface area contributed by atoms with E-state index in [0.717, 1.165) is 11.1 Å².